The molecule has 0 bridgehead atoms. The topological polar surface area (TPSA) is 102 Å². The van der Waals surface area contributed by atoms with E-state index < -0.39 is 0 Å². The van der Waals surface area contributed by atoms with Gasteiger partial charge in [0, 0.05) is 17.5 Å². The molecule has 21 heavy (non-hydrogen) atoms. The minimum atomic E-state index is -0.232. The van der Waals surface area contributed by atoms with Crippen molar-refractivity contribution < 1.29 is 9.53 Å². The molecule has 0 saturated carbocycles. The smallest absolute Gasteiger partial charge is 0.307 e. The molecule has 0 spiro atoms. The fraction of sp³-hybridized carbons (Fsp3) is 0.643. The van der Waals surface area contributed by atoms with E-state index in [1.165, 1.54) is 0 Å². The maximum atomic E-state index is 11.3. The number of carbonyl (C=O) groups is 1. The molecule has 1 heterocycles. The highest BCUT2D eigenvalue weighted by atomic mass is 16.5. The van der Waals surface area contributed by atoms with E-state index in [2.05, 4.69) is 20.7 Å². The van der Waals surface area contributed by atoms with Crippen LogP contribution in [0.3, 0.4) is 0 Å². The average molecular weight is 295 g/mol. The Balaban J connectivity index is 2.88. The van der Waals surface area contributed by atoms with Gasteiger partial charge < -0.3 is 15.5 Å². The highest BCUT2D eigenvalue weighted by molar-refractivity contribution is 5.70. The lowest BCUT2D eigenvalue weighted by Gasteiger charge is -2.20. The van der Waals surface area contributed by atoms with Crippen molar-refractivity contribution >= 4 is 17.6 Å². The first-order chi connectivity index (χ1) is 9.79. The van der Waals surface area contributed by atoms with Crippen LogP contribution in [-0.2, 0) is 14.9 Å². The van der Waals surface area contributed by atoms with Gasteiger partial charge in [-0.25, -0.2) is 15.8 Å². The van der Waals surface area contributed by atoms with Crippen LogP contribution in [0.15, 0.2) is 0 Å². The first-order valence-corrected chi connectivity index (χ1v) is 7.04. The predicted octanol–water partition coefficient (Wildman–Crippen LogP) is 1.73. The second-order valence-electron chi connectivity index (χ2n) is 5.75. The van der Waals surface area contributed by atoms with Crippen LogP contribution in [0.5, 0.6) is 0 Å². The van der Waals surface area contributed by atoms with Gasteiger partial charge in [-0.05, 0) is 13.8 Å². The van der Waals surface area contributed by atoms with Gasteiger partial charge in [0.2, 0.25) is 0 Å². The fourth-order valence-electron chi connectivity index (χ4n) is 1.68. The number of anilines is 2. The zero-order valence-corrected chi connectivity index (χ0v) is 13.4. The van der Waals surface area contributed by atoms with Gasteiger partial charge in [0.1, 0.15) is 17.5 Å². The molecule has 0 fully saturated rings. The number of hydrogen-bond donors (Lipinski definition) is 3. The van der Waals surface area contributed by atoms with E-state index in [9.17, 15) is 4.79 Å². The second kappa shape index (κ2) is 7.21. The van der Waals surface area contributed by atoms with Gasteiger partial charge in [-0.2, -0.15) is 0 Å². The van der Waals surface area contributed by atoms with Crippen LogP contribution in [-0.4, -0.2) is 29.1 Å². The second-order valence-corrected chi connectivity index (χ2v) is 5.75. The molecule has 0 amide bonds. The Morgan fingerprint density at radius 1 is 1.29 bits per heavy atom. The van der Waals surface area contributed by atoms with E-state index in [0.717, 1.165) is 5.56 Å². The number of carbonyl (C=O) groups excluding carboxylic acids is 1. The molecule has 0 unspecified atom stereocenters. The summed E-state index contributed by atoms with van der Waals surface area (Å²) in [5.41, 5.74) is 3.20. The number of hydrogen-bond acceptors (Lipinski definition) is 7. The average Bonchev–Trinajstić information content (AvgIpc) is 2.39. The van der Waals surface area contributed by atoms with E-state index in [1.54, 1.807) is 6.92 Å². The fourth-order valence-corrected chi connectivity index (χ4v) is 1.68. The Labute approximate surface area is 125 Å². The molecule has 7 nitrogen and oxygen atoms in total. The van der Waals surface area contributed by atoms with Gasteiger partial charge >= 0.3 is 5.97 Å². The predicted molar refractivity (Wildman–Crippen MR) is 83.0 cm³/mol. The van der Waals surface area contributed by atoms with Crippen molar-refractivity contribution in [2.24, 2.45) is 5.84 Å². The van der Waals surface area contributed by atoms with E-state index in [4.69, 9.17) is 10.6 Å². The molecular formula is C14H25N5O2. The number of aromatic nitrogens is 2. The summed E-state index contributed by atoms with van der Waals surface area (Å²) in [7, 11) is 0. The largest absolute Gasteiger partial charge is 0.466 e. The third-order valence-electron chi connectivity index (χ3n) is 2.88. The number of rotatable bonds is 6. The quantitative estimate of drug-likeness (QED) is 0.417. The summed E-state index contributed by atoms with van der Waals surface area (Å²) in [6, 6.07) is 0. The number of ether oxygens (including phenoxy) is 1. The van der Waals surface area contributed by atoms with Crippen molar-refractivity contribution in [1.29, 1.82) is 0 Å². The molecular weight excluding hydrogens is 270 g/mol. The molecule has 7 heteroatoms. The SMILES string of the molecule is CCOC(=O)CCNc1nc(C(C)(C)C)nc(NN)c1C. The number of nitrogens with zero attached hydrogens (tertiary/aromatic N) is 2. The number of hydrazine groups is 1. The Kier molecular flexibility index (Phi) is 5.90. The van der Waals surface area contributed by atoms with Crippen LogP contribution in [0.1, 0.15) is 45.5 Å². The van der Waals surface area contributed by atoms with Crippen LogP contribution in [0.2, 0.25) is 0 Å². The summed E-state index contributed by atoms with van der Waals surface area (Å²) in [6.45, 7) is 10.6. The number of nitrogens with two attached hydrogens (primary N) is 1. The summed E-state index contributed by atoms with van der Waals surface area (Å²) in [6.07, 6.45) is 0.285. The molecule has 0 aromatic carbocycles. The molecule has 0 radical (unpaired) electrons. The molecule has 0 atom stereocenters. The molecule has 4 N–H and O–H groups in total. The number of nitrogen functional groups attached to an aromatic ring is 1. The summed E-state index contributed by atoms with van der Waals surface area (Å²) in [5, 5.41) is 3.14. The summed E-state index contributed by atoms with van der Waals surface area (Å²) in [4.78, 5) is 20.3. The van der Waals surface area contributed by atoms with Crippen molar-refractivity contribution in [3.05, 3.63) is 11.4 Å². The van der Waals surface area contributed by atoms with Gasteiger partial charge in [-0.1, -0.05) is 20.8 Å². The Morgan fingerprint density at radius 2 is 1.90 bits per heavy atom. The third kappa shape index (κ3) is 4.86. The number of nitrogens with one attached hydrogen (secondary N) is 2. The molecule has 1 aromatic heterocycles. The van der Waals surface area contributed by atoms with Crippen molar-refractivity contribution in [3.63, 3.8) is 0 Å². The molecule has 0 aliphatic rings. The standard InChI is InChI=1S/C14H25N5O2/c1-6-21-10(20)7-8-16-11-9(2)12(19-15)18-13(17-11)14(3,4)5/h6-8,15H2,1-5H3,(H2,16,17,18,19). The van der Waals surface area contributed by atoms with Gasteiger partial charge in [0.05, 0.1) is 13.0 Å². The lowest BCUT2D eigenvalue weighted by atomic mass is 9.95. The van der Waals surface area contributed by atoms with E-state index in [-0.39, 0.29) is 17.8 Å². The van der Waals surface area contributed by atoms with Crippen LogP contribution >= 0.6 is 0 Å². The van der Waals surface area contributed by atoms with Crippen molar-refractivity contribution in [3.8, 4) is 0 Å². The molecule has 118 valence electrons. The van der Waals surface area contributed by atoms with Gasteiger partial charge in [0.15, 0.2) is 0 Å². The van der Waals surface area contributed by atoms with Gasteiger partial charge in [-0.3, -0.25) is 4.79 Å². The van der Waals surface area contributed by atoms with Crippen molar-refractivity contribution in [1.82, 2.24) is 9.97 Å². The van der Waals surface area contributed by atoms with E-state index in [1.807, 2.05) is 27.7 Å². The minimum Gasteiger partial charge on any atom is -0.466 e. The maximum Gasteiger partial charge on any atom is 0.307 e. The lowest BCUT2D eigenvalue weighted by Crippen LogP contribution is -2.22. The Bertz CT molecular complexity index is 497. The molecule has 0 saturated heterocycles. The zero-order valence-electron chi connectivity index (χ0n) is 13.4. The van der Waals surface area contributed by atoms with Crippen LogP contribution in [0.4, 0.5) is 11.6 Å². The molecule has 0 aliphatic carbocycles. The molecule has 1 rings (SSSR count). The summed E-state index contributed by atoms with van der Waals surface area (Å²) >= 11 is 0. The van der Waals surface area contributed by atoms with Gasteiger partial charge in [-0.15, -0.1) is 0 Å². The van der Waals surface area contributed by atoms with Gasteiger partial charge in [0.25, 0.3) is 0 Å². The molecule has 1 aromatic rings. The first-order valence-electron chi connectivity index (χ1n) is 7.04. The minimum absolute atomic E-state index is 0.198. The number of esters is 1. The van der Waals surface area contributed by atoms with Crippen LogP contribution in [0, 0.1) is 6.92 Å². The summed E-state index contributed by atoms with van der Waals surface area (Å²) in [5.74, 6) is 7.21. The normalized spacial score (nSPS) is 11.1. The zero-order chi connectivity index (χ0) is 16.0. The Hall–Kier alpha value is -1.89. The third-order valence-corrected chi connectivity index (χ3v) is 2.88. The highest BCUT2D eigenvalue weighted by Crippen LogP contribution is 2.25. The monoisotopic (exact) mass is 295 g/mol. The Morgan fingerprint density at radius 3 is 2.43 bits per heavy atom. The van der Waals surface area contributed by atoms with E-state index in [0.29, 0.717) is 30.6 Å². The lowest BCUT2D eigenvalue weighted by molar-refractivity contribution is -0.142. The van der Waals surface area contributed by atoms with E-state index >= 15 is 0 Å². The summed E-state index contributed by atoms with van der Waals surface area (Å²) < 4.78 is 4.89. The maximum absolute atomic E-state index is 11.3. The van der Waals surface area contributed by atoms with Crippen molar-refractivity contribution in [2.75, 3.05) is 23.9 Å². The first kappa shape index (κ1) is 17.2. The highest BCUT2D eigenvalue weighted by Gasteiger charge is 2.21. The molecule has 0 aliphatic heterocycles. The van der Waals surface area contributed by atoms with Crippen molar-refractivity contribution in [2.45, 2.75) is 46.5 Å². The van der Waals surface area contributed by atoms with Crippen LogP contribution in [0.25, 0.3) is 0 Å². The van der Waals surface area contributed by atoms with Crippen LogP contribution < -0.4 is 16.6 Å².